The summed E-state index contributed by atoms with van der Waals surface area (Å²) in [4.78, 5) is 46.1. The minimum atomic E-state index is -0.478. The largest absolute Gasteiger partial charge is 0.348 e. The maximum absolute atomic E-state index is 13.2. The predicted octanol–water partition coefficient (Wildman–Crippen LogP) is 3.15. The number of hydrogen-bond donors (Lipinski definition) is 1. The van der Waals surface area contributed by atoms with Gasteiger partial charge in [-0.25, -0.2) is 9.78 Å². The van der Waals surface area contributed by atoms with Gasteiger partial charge in [-0.05, 0) is 68.2 Å². The van der Waals surface area contributed by atoms with Crippen molar-refractivity contribution in [3.8, 4) is 0 Å². The van der Waals surface area contributed by atoms with E-state index < -0.39 is 5.69 Å². The molecule has 33 heavy (non-hydrogen) atoms. The van der Waals surface area contributed by atoms with Crippen LogP contribution in [0.15, 0.2) is 27.8 Å². The van der Waals surface area contributed by atoms with Crippen molar-refractivity contribution in [2.75, 3.05) is 23.3 Å². The van der Waals surface area contributed by atoms with Crippen molar-refractivity contribution in [2.24, 2.45) is 0 Å². The number of carbonyl (C=O) groups excluding carboxylic acids is 1. The fourth-order valence-corrected chi connectivity index (χ4v) is 5.92. The van der Waals surface area contributed by atoms with E-state index in [1.54, 1.807) is 0 Å². The maximum Gasteiger partial charge on any atom is 0.333 e. The Morgan fingerprint density at radius 3 is 2.64 bits per heavy atom. The Hall–Kier alpha value is -2.94. The molecule has 0 spiro atoms. The molecular formula is C24H29N5O3S. The molecule has 1 saturated heterocycles. The SMILES string of the molecule is CCCn1c(=O)c2sc(N3CCCCC3)nc2n(CC(=O)Nc2ccc3c(c2)CCC3)c1=O. The summed E-state index contributed by atoms with van der Waals surface area (Å²) in [6.07, 6.45) is 7.27. The Bertz CT molecular complexity index is 1320. The molecule has 1 amide bonds. The van der Waals surface area contributed by atoms with Gasteiger partial charge in [0.2, 0.25) is 5.91 Å². The molecule has 0 radical (unpaired) electrons. The molecule has 8 nitrogen and oxygen atoms in total. The molecule has 3 aromatic rings. The van der Waals surface area contributed by atoms with Crippen molar-refractivity contribution in [1.82, 2.24) is 14.1 Å². The van der Waals surface area contributed by atoms with E-state index in [2.05, 4.69) is 21.3 Å². The van der Waals surface area contributed by atoms with Crippen LogP contribution in [0.25, 0.3) is 10.3 Å². The first-order valence-corrected chi connectivity index (χ1v) is 12.7. The topological polar surface area (TPSA) is 89.2 Å². The number of rotatable bonds is 6. The summed E-state index contributed by atoms with van der Waals surface area (Å²) in [5, 5.41) is 3.68. The van der Waals surface area contributed by atoms with Crippen LogP contribution in [-0.2, 0) is 30.7 Å². The number of carbonyl (C=O) groups is 1. The van der Waals surface area contributed by atoms with Gasteiger partial charge in [-0.15, -0.1) is 0 Å². The smallest absolute Gasteiger partial charge is 0.333 e. The lowest BCUT2D eigenvalue weighted by Gasteiger charge is -2.25. The van der Waals surface area contributed by atoms with Crippen molar-refractivity contribution in [2.45, 2.75) is 65.0 Å². The molecule has 3 heterocycles. The van der Waals surface area contributed by atoms with Crippen molar-refractivity contribution in [1.29, 1.82) is 0 Å². The standard InChI is InChI=1S/C24H29N5O3S/c1-2-11-28-22(31)20-21(26-23(33-20)27-12-4-3-5-13-27)29(24(28)32)15-19(30)25-18-10-9-16-7-6-8-17(16)14-18/h9-10,14H,2-8,11-13,15H2,1H3,(H,25,30). The van der Waals surface area contributed by atoms with Gasteiger partial charge in [0, 0.05) is 25.3 Å². The van der Waals surface area contributed by atoms with E-state index in [-0.39, 0.29) is 18.0 Å². The number of nitrogens with one attached hydrogen (secondary N) is 1. The average molecular weight is 468 g/mol. The number of hydrogen-bond acceptors (Lipinski definition) is 6. The van der Waals surface area contributed by atoms with Gasteiger partial charge < -0.3 is 10.2 Å². The van der Waals surface area contributed by atoms with Crippen LogP contribution in [0.1, 0.15) is 50.2 Å². The van der Waals surface area contributed by atoms with Crippen LogP contribution in [0.3, 0.4) is 0 Å². The highest BCUT2D eigenvalue weighted by molar-refractivity contribution is 7.22. The zero-order chi connectivity index (χ0) is 22.9. The second kappa shape index (κ2) is 9.13. The summed E-state index contributed by atoms with van der Waals surface area (Å²) in [6, 6.07) is 6.00. The number of aromatic nitrogens is 3. The van der Waals surface area contributed by atoms with Crippen molar-refractivity contribution in [3.05, 3.63) is 50.2 Å². The molecule has 1 N–H and O–H groups in total. The second-order valence-corrected chi connectivity index (χ2v) is 9.89. The van der Waals surface area contributed by atoms with E-state index in [4.69, 9.17) is 0 Å². The van der Waals surface area contributed by atoms with Crippen LogP contribution in [-0.4, -0.2) is 33.1 Å². The van der Waals surface area contributed by atoms with E-state index in [1.165, 1.54) is 38.0 Å². The quantitative estimate of drug-likeness (QED) is 0.602. The van der Waals surface area contributed by atoms with Crippen molar-refractivity contribution < 1.29 is 4.79 Å². The molecule has 2 aliphatic rings. The lowest BCUT2D eigenvalue weighted by Crippen LogP contribution is -2.41. The third kappa shape index (κ3) is 4.21. The number of thiazole rings is 1. The normalized spacial score (nSPS) is 15.7. The van der Waals surface area contributed by atoms with Crippen molar-refractivity contribution >= 4 is 38.4 Å². The highest BCUT2D eigenvalue weighted by Crippen LogP contribution is 2.28. The number of piperidine rings is 1. The summed E-state index contributed by atoms with van der Waals surface area (Å²) in [5.74, 6) is -0.300. The number of amides is 1. The lowest BCUT2D eigenvalue weighted by molar-refractivity contribution is -0.116. The molecule has 5 rings (SSSR count). The van der Waals surface area contributed by atoms with Gasteiger partial charge in [-0.2, -0.15) is 0 Å². The first-order chi connectivity index (χ1) is 16.0. The Morgan fingerprint density at radius 1 is 1.06 bits per heavy atom. The molecule has 1 aliphatic carbocycles. The van der Waals surface area contributed by atoms with Crippen LogP contribution >= 0.6 is 11.3 Å². The predicted molar refractivity (Wildman–Crippen MR) is 132 cm³/mol. The van der Waals surface area contributed by atoms with Gasteiger partial charge in [-0.1, -0.05) is 24.3 Å². The Kier molecular flexibility index (Phi) is 6.05. The maximum atomic E-state index is 13.2. The molecule has 0 atom stereocenters. The fourth-order valence-electron chi connectivity index (χ4n) is 4.85. The zero-order valence-electron chi connectivity index (χ0n) is 18.9. The van der Waals surface area contributed by atoms with Gasteiger partial charge in [0.1, 0.15) is 11.2 Å². The number of anilines is 2. The third-order valence-corrected chi connectivity index (χ3v) is 7.61. The number of benzene rings is 1. The summed E-state index contributed by atoms with van der Waals surface area (Å²) in [7, 11) is 0. The Labute approximate surface area is 195 Å². The zero-order valence-corrected chi connectivity index (χ0v) is 19.7. The third-order valence-electron chi connectivity index (χ3n) is 6.51. The van der Waals surface area contributed by atoms with Crippen LogP contribution < -0.4 is 21.5 Å². The highest BCUT2D eigenvalue weighted by Gasteiger charge is 2.22. The van der Waals surface area contributed by atoms with Crippen LogP contribution in [0.4, 0.5) is 10.8 Å². The number of fused-ring (bicyclic) bond motifs is 2. The fraction of sp³-hybridized carbons (Fsp3) is 0.500. The summed E-state index contributed by atoms with van der Waals surface area (Å²) >= 11 is 1.33. The first-order valence-electron chi connectivity index (χ1n) is 11.9. The first kappa shape index (κ1) is 21.9. The molecule has 1 aliphatic heterocycles. The van der Waals surface area contributed by atoms with Gasteiger partial charge in [0.25, 0.3) is 5.56 Å². The minimum absolute atomic E-state index is 0.181. The minimum Gasteiger partial charge on any atom is -0.348 e. The van der Waals surface area contributed by atoms with E-state index in [1.807, 2.05) is 19.1 Å². The van der Waals surface area contributed by atoms with Crippen molar-refractivity contribution in [3.63, 3.8) is 0 Å². The second-order valence-electron chi connectivity index (χ2n) is 8.91. The summed E-state index contributed by atoms with van der Waals surface area (Å²) < 4.78 is 3.04. The van der Waals surface area contributed by atoms with Gasteiger partial charge in [0.15, 0.2) is 10.8 Å². The van der Waals surface area contributed by atoms with Gasteiger partial charge in [-0.3, -0.25) is 18.7 Å². The van der Waals surface area contributed by atoms with Crippen LogP contribution in [0.2, 0.25) is 0 Å². The lowest BCUT2D eigenvalue weighted by atomic mass is 10.1. The summed E-state index contributed by atoms with van der Waals surface area (Å²) in [6.45, 7) is 3.85. The molecule has 0 bridgehead atoms. The Morgan fingerprint density at radius 2 is 1.85 bits per heavy atom. The van der Waals surface area contributed by atoms with Crippen LogP contribution in [0, 0.1) is 0 Å². The van der Waals surface area contributed by atoms with E-state index in [0.29, 0.717) is 23.3 Å². The van der Waals surface area contributed by atoms with Gasteiger partial charge in [0.05, 0.1) is 0 Å². The number of nitrogens with zero attached hydrogens (tertiary/aromatic N) is 4. The molecule has 1 fully saturated rings. The van der Waals surface area contributed by atoms with E-state index >= 15 is 0 Å². The van der Waals surface area contributed by atoms with Gasteiger partial charge >= 0.3 is 5.69 Å². The van der Waals surface area contributed by atoms with E-state index in [0.717, 1.165) is 56.0 Å². The average Bonchev–Trinajstić information content (AvgIpc) is 3.47. The Balaban J connectivity index is 1.50. The molecule has 1 aromatic carbocycles. The summed E-state index contributed by atoms with van der Waals surface area (Å²) in [5.41, 5.74) is 2.87. The number of aryl methyl sites for hydroxylation is 2. The molecule has 0 saturated carbocycles. The van der Waals surface area contributed by atoms with Crippen LogP contribution in [0.5, 0.6) is 0 Å². The van der Waals surface area contributed by atoms with E-state index in [9.17, 15) is 14.4 Å². The molecular weight excluding hydrogens is 438 g/mol. The monoisotopic (exact) mass is 467 g/mol. The highest BCUT2D eigenvalue weighted by atomic mass is 32.1. The molecule has 2 aromatic heterocycles. The molecule has 0 unspecified atom stereocenters. The molecule has 174 valence electrons. The molecule has 9 heteroatoms.